The first kappa shape index (κ1) is 14.6. The fraction of sp³-hybridized carbons (Fsp3) is 0.632. The maximum absolute atomic E-state index is 12.9. The Morgan fingerprint density at radius 3 is 2.38 bits per heavy atom. The van der Waals surface area contributed by atoms with E-state index in [0.717, 1.165) is 12.1 Å². The molecule has 2 nitrogen and oxygen atoms in total. The zero-order valence-corrected chi connectivity index (χ0v) is 13.6. The predicted octanol–water partition coefficient (Wildman–Crippen LogP) is 4.64. The Hall–Kier alpha value is -1.31. The molecule has 0 radical (unpaired) electrons. The minimum atomic E-state index is 0.139. The zero-order chi connectivity index (χ0) is 15.0. The SMILES string of the molecule is CC(C)(C)C(C1CCCCC1)N1Cc2ccccc2C1=O. The molecular formula is C19H27NO. The van der Waals surface area contributed by atoms with E-state index in [4.69, 9.17) is 0 Å². The molecule has 0 aromatic heterocycles. The van der Waals surface area contributed by atoms with Crippen molar-refractivity contribution in [3.8, 4) is 0 Å². The first-order chi connectivity index (χ1) is 9.98. The maximum atomic E-state index is 12.9. The molecule has 1 amide bonds. The Bertz CT molecular complexity index is 523. The van der Waals surface area contributed by atoms with E-state index in [1.807, 2.05) is 18.2 Å². The number of nitrogens with zero attached hydrogens (tertiary/aromatic N) is 1. The summed E-state index contributed by atoms with van der Waals surface area (Å²) in [6.45, 7) is 7.68. The molecule has 1 unspecified atom stereocenters. The van der Waals surface area contributed by atoms with Crippen molar-refractivity contribution in [3.05, 3.63) is 35.4 Å². The highest BCUT2D eigenvalue weighted by molar-refractivity contribution is 5.98. The minimum absolute atomic E-state index is 0.139. The second kappa shape index (κ2) is 5.47. The summed E-state index contributed by atoms with van der Waals surface area (Å²) < 4.78 is 0. The molecule has 0 spiro atoms. The van der Waals surface area contributed by atoms with Gasteiger partial charge >= 0.3 is 0 Å². The number of carbonyl (C=O) groups is 1. The molecule has 3 rings (SSSR count). The molecule has 0 saturated heterocycles. The Labute approximate surface area is 128 Å². The highest BCUT2D eigenvalue weighted by atomic mass is 16.2. The Kier molecular flexibility index (Phi) is 3.81. The molecule has 114 valence electrons. The predicted molar refractivity (Wildman–Crippen MR) is 86.1 cm³/mol. The van der Waals surface area contributed by atoms with E-state index in [1.54, 1.807) is 0 Å². The van der Waals surface area contributed by atoms with Crippen LogP contribution in [0.1, 0.15) is 68.8 Å². The molecule has 21 heavy (non-hydrogen) atoms. The van der Waals surface area contributed by atoms with Crippen LogP contribution in [0.3, 0.4) is 0 Å². The van der Waals surface area contributed by atoms with Crippen molar-refractivity contribution in [2.45, 2.75) is 65.5 Å². The van der Waals surface area contributed by atoms with Crippen molar-refractivity contribution in [2.75, 3.05) is 0 Å². The number of hydrogen-bond acceptors (Lipinski definition) is 1. The third kappa shape index (κ3) is 2.73. The molecule has 1 aromatic rings. The lowest BCUT2D eigenvalue weighted by molar-refractivity contribution is 0.0287. The fourth-order valence-corrected chi connectivity index (χ4v) is 4.38. The minimum Gasteiger partial charge on any atom is -0.330 e. The normalized spacial score (nSPS) is 21.5. The second-order valence-corrected chi connectivity index (χ2v) is 7.80. The van der Waals surface area contributed by atoms with Gasteiger partial charge in [0.15, 0.2) is 0 Å². The van der Waals surface area contributed by atoms with Crippen LogP contribution in [-0.2, 0) is 6.54 Å². The number of benzene rings is 1. The second-order valence-electron chi connectivity index (χ2n) is 7.80. The first-order valence-corrected chi connectivity index (χ1v) is 8.37. The molecule has 1 aromatic carbocycles. The molecule has 1 atom stereocenters. The smallest absolute Gasteiger partial charge is 0.254 e. The van der Waals surface area contributed by atoms with E-state index in [2.05, 4.69) is 31.7 Å². The highest BCUT2D eigenvalue weighted by Gasteiger charge is 2.42. The molecule has 0 bridgehead atoms. The topological polar surface area (TPSA) is 20.3 Å². The van der Waals surface area contributed by atoms with Crippen molar-refractivity contribution in [3.63, 3.8) is 0 Å². The van der Waals surface area contributed by atoms with Crippen molar-refractivity contribution in [1.29, 1.82) is 0 Å². The number of hydrogen-bond donors (Lipinski definition) is 0. The highest BCUT2D eigenvalue weighted by Crippen LogP contribution is 2.41. The van der Waals surface area contributed by atoms with Gasteiger partial charge in [0.1, 0.15) is 0 Å². The van der Waals surface area contributed by atoms with E-state index in [0.29, 0.717) is 12.0 Å². The van der Waals surface area contributed by atoms with Gasteiger partial charge in [-0.15, -0.1) is 0 Å². The third-order valence-electron chi connectivity index (χ3n) is 5.17. The number of rotatable bonds is 2. The zero-order valence-electron chi connectivity index (χ0n) is 13.6. The van der Waals surface area contributed by atoms with Gasteiger partial charge in [-0.05, 0) is 35.8 Å². The van der Waals surface area contributed by atoms with Crippen LogP contribution in [0.5, 0.6) is 0 Å². The summed E-state index contributed by atoms with van der Waals surface area (Å²) >= 11 is 0. The van der Waals surface area contributed by atoms with E-state index >= 15 is 0 Å². The molecule has 2 aliphatic rings. The lowest BCUT2D eigenvalue weighted by Crippen LogP contribution is -2.49. The van der Waals surface area contributed by atoms with Crippen LogP contribution in [0.4, 0.5) is 0 Å². The summed E-state index contributed by atoms with van der Waals surface area (Å²) in [6.07, 6.45) is 6.57. The summed E-state index contributed by atoms with van der Waals surface area (Å²) in [5.74, 6) is 0.910. The van der Waals surface area contributed by atoms with Crippen LogP contribution in [0.15, 0.2) is 24.3 Å². The van der Waals surface area contributed by atoms with E-state index in [9.17, 15) is 4.79 Å². The van der Waals surface area contributed by atoms with E-state index in [1.165, 1.54) is 37.7 Å². The van der Waals surface area contributed by atoms with E-state index in [-0.39, 0.29) is 11.3 Å². The molecule has 1 aliphatic carbocycles. The summed E-state index contributed by atoms with van der Waals surface area (Å²) in [5, 5.41) is 0. The average Bonchev–Trinajstić information content (AvgIpc) is 2.77. The fourth-order valence-electron chi connectivity index (χ4n) is 4.38. The standard InChI is InChI=1S/C19H27NO/c1-19(2,3)17(14-9-5-4-6-10-14)20-13-15-11-7-8-12-16(15)18(20)21/h7-8,11-12,14,17H,4-6,9-10,13H2,1-3H3. The van der Waals surface area contributed by atoms with Gasteiger partial charge in [0, 0.05) is 18.2 Å². The quantitative estimate of drug-likeness (QED) is 0.775. The van der Waals surface area contributed by atoms with Crippen LogP contribution in [0.2, 0.25) is 0 Å². The molecule has 1 heterocycles. The van der Waals surface area contributed by atoms with Crippen LogP contribution in [0.25, 0.3) is 0 Å². The van der Waals surface area contributed by atoms with Gasteiger partial charge in [0.05, 0.1) is 0 Å². The van der Waals surface area contributed by atoms with E-state index < -0.39 is 0 Å². The lowest BCUT2D eigenvalue weighted by atomic mass is 9.72. The number of fused-ring (bicyclic) bond motifs is 1. The Morgan fingerprint density at radius 1 is 1.10 bits per heavy atom. The Morgan fingerprint density at radius 2 is 1.76 bits per heavy atom. The lowest BCUT2D eigenvalue weighted by Gasteiger charge is -2.44. The van der Waals surface area contributed by atoms with Crippen LogP contribution in [0, 0.1) is 11.3 Å². The summed E-state index contributed by atoms with van der Waals surface area (Å²) in [7, 11) is 0. The van der Waals surface area contributed by atoms with Crippen LogP contribution in [-0.4, -0.2) is 16.8 Å². The summed E-state index contributed by atoms with van der Waals surface area (Å²) in [5.41, 5.74) is 2.26. The first-order valence-electron chi connectivity index (χ1n) is 8.37. The summed E-state index contributed by atoms with van der Waals surface area (Å²) in [6, 6.07) is 8.47. The van der Waals surface area contributed by atoms with Gasteiger partial charge in [-0.2, -0.15) is 0 Å². The molecular weight excluding hydrogens is 258 g/mol. The molecule has 2 heteroatoms. The van der Waals surface area contributed by atoms with Crippen molar-refractivity contribution < 1.29 is 4.79 Å². The van der Waals surface area contributed by atoms with Crippen LogP contribution < -0.4 is 0 Å². The Balaban J connectivity index is 1.90. The van der Waals surface area contributed by atoms with Gasteiger partial charge in [0.2, 0.25) is 0 Å². The molecule has 1 aliphatic heterocycles. The van der Waals surface area contributed by atoms with Gasteiger partial charge in [-0.3, -0.25) is 4.79 Å². The average molecular weight is 285 g/mol. The van der Waals surface area contributed by atoms with Gasteiger partial charge < -0.3 is 4.90 Å². The summed E-state index contributed by atoms with van der Waals surface area (Å²) in [4.78, 5) is 15.0. The van der Waals surface area contributed by atoms with Crippen LogP contribution >= 0.6 is 0 Å². The molecule has 1 saturated carbocycles. The van der Waals surface area contributed by atoms with Crippen molar-refractivity contribution in [1.82, 2.24) is 4.90 Å². The van der Waals surface area contributed by atoms with Gasteiger partial charge in [0.25, 0.3) is 5.91 Å². The molecule has 0 N–H and O–H groups in total. The monoisotopic (exact) mass is 285 g/mol. The van der Waals surface area contributed by atoms with Gasteiger partial charge in [-0.1, -0.05) is 58.2 Å². The third-order valence-corrected chi connectivity index (χ3v) is 5.17. The number of carbonyl (C=O) groups excluding carboxylic acids is 1. The largest absolute Gasteiger partial charge is 0.330 e. The van der Waals surface area contributed by atoms with Gasteiger partial charge in [-0.25, -0.2) is 0 Å². The molecule has 1 fully saturated rings. The maximum Gasteiger partial charge on any atom is 0.254 e. The van der Waals surface area contributed by atoms with Crippen molar-refractivity contribution in [2.24, 2.45) is 11.3 Å². The van der Waals surface area contributed by atoms with Crippen molar-refractivity contribution >= 4 is 5.91 Å². The number of amides is 1.